The van der Waals surface area contributed by atoms with E-state index in [1.807, 2.05) is 6.07 Å². The maximum atomic E-state index is 13.4. The normalized spacial score (nSPS) is 26.9. The van der Waals surface area contributed by atoms with Crippen molar-refractivity contribution in [2.24, 2.45) is 0 Å². The van der Waals surface area contributed by atoms with Crippen LogP contribution in [0.4, 0.5) is 19.3 Å². The van der Waals surface area contributed by atoms with Gasteiger partial charge >= 0.3 is 6.03 Å². The Hall–Kier alpha value is -2.87. The van der Waals surface area contributed by atoms with Crippen LogP contribution in [0.15, 0.2) is 36.4 Å². The molecule has 5 rings (SSSR count). The lowest BCUT2D eigenvalue weighted by molar-refractivity contribution is 0.156. The number of ether oxygens (including phenoxy) is 2. The van der Waals surface area contributed by atoms with Crippen molar-refractivity contribution in [1.82, 2.24) is 10.2 Å². The summed E-state index contributed by atoms with van der Waals surface area (Å²) in [4.78, 5) is 14.9. The lowest BCUT2D eigenvalue weighted by Crippen LogP contribution is -2.52. The van der Waals surface area contributed by atoms with E-state index in [9.17, 15) is 13.6 Å². The van der Waals surface area contributed by atoms with Crippen molar-refractivity contribution in [2.45, 2.75) is 49.6 Å². The molecule has 6 nitrogen and oxygen atoms in total. The first-order valence-electron chi connectivity index (χ1n) is 11.6. The second-order valence-electron chi connectivity index (χ2n) is 9.31. The van der Waals surface area contributed by atoms with Crippen molar-refractivity contribution in [3.05, 3.63) is 53.6 Å². The second-order valence-corrected chi connectivity index (χ2v) is 9.31. The number of fused-ring (bicyclic) bond motifs is 2. The third kappa shape index (κ3) is 4.24. The fraction of sp³-hybridized carbons (Fsp3) is 0.480. The number of rotatable bonds is 3. The first-order chi connectivity index (χ1) is 15.9. The van der Waals surface area contributed by atoms with Gasteiger partial charge < -0.3 is 25.0 Å². The van der Waals surface area contributed by atoms with Crippen molar-refractivity contribution in [3.8, 4) is 11.5 Å². The summed E-state index contributed by atoms with van der Waals surface area (Å²) in [6, 6.07) is 9.55. The Labute approximate surface area is 192 Å². The largest absolute Gasteiger partial charge is 0.490 e. The molecule has 3 aliphatic rings. The van der Waals surface area contributed by atoms with Gasteiger partial charge in [-0.1, -0.05) is 6.07 Å². The Kier molecular flexibility index (Phi) is 5.86. The van der Waals surface area contributed by atoms with Gasteiger partial charge in [0.05, 0.1) is 13.2 Å². The Bertz CT molecular complexity index is 1050. The molecule has 1 saturated heterocycles. The molecule has 33 heavy (non-hydrogen) atoms. The average molecular weight is 458 g/mol. The molecule has 1 saturated carbocycles. The summed E-state index contributed by atoms with van der Waals surface area (Å²) in [6.45, 7) is 2.32. The maximum Gasteiger partial charge on any atom is 0.319 e. The van der Waals surface area contributed by atoms with Gasteiger partial charge in [-0.15, -0.1) is 0 Å². The van der Waals surface area contributed by atoms with E-state index in [1.54, 1.807) is 0 Å². The lowest BCUT2D eigenvalue weighted by atomic mass is 9.65. The van der Waals surface area contributed by atoms with Crippen LogP contribution in [-0.4, -0.2) is 49.8 Å². The Morgan fingerprint density at radius 1 is 1.06 bits per heavy atom. The number of carbonyl (C=O) groups is 1. The predicted octanol–water partition coefficient (Wildman–Crippen LogP) is 4.44. The minimum atomic E-state index is -0.988. The highest BCUT2D eigenvalue weighted by molar-refractivity contribution is 5.89. The predicted molar refractivity (Wildman–Crippen MR) is 121 cm³/mol. The van der Waals surface area contributed by atoms with Gasteiger partial charge in [0.1, 0.15) is 0 Å². The summed E-state index contributed by atoms with van der Waals surface area (Å²) >= 11 is 0. The van der Waals surface area contributed by atoms with Gasteiger partial charge in [0, 0.05) is 35.7 Å². The second kappa shape index (κ2) is 8.82. The maximum absolute atomic E-state index is 13.4. The number of halogens is 2. The fourth-order valence-electron chi connectivity index (χ4n) is 5.65. The number of amides is 2. The summed E-state index contributed by atoms with van der Waals surface area (Å²) in [5.74, 6) is -0.305. The van der Waals surface area contributed by atoms with Crippen LogP contribution in [0.1, 0.15) is 37.7 Å². The molecule has 1 aliphatic carbocycles. The van der Waals surface area contributed by atoms with Crippen molar-refractivity contribution in [1.29, 1.82) is 0 Å². The third-order valence-electron chi connectivity index (χ3n) is 7.36. The van der Waals surface area contributed by atoms with Crippen molar-refractivity contribution >= 4 is 11.7 Å². The van der Waals surface area contributed by atoms with E-state index < -0.39 is 17.7 Å². The van der Waals surface area contributed by atoms with E-state index in [2.05, 4.69) is 34.7 Å². The first kappa shape index (κ1) is 21.9. The number of urea groups is 1. The standard InChI is InChI=1S/C25H29F2N3O3/c1-30-10-9-25(16-3-6-21-22(13-16)33-12-2-11-32-21)8-7-18(15-23(25)30)29-24(31)28-17-4-5-19(26)20(27)14-17/h3-6,13-14,18,23H,2,7-12,15H2,1H3,(H2,28,29,31). The van der Waals surface area contributed by atoms with Gasteiger partial charge in [0.15, 0.2) is 23.1 Å². The molecule has 3 atom stereocenters. The van der Waals surface area contributed by atoms with Crippen LogP contribution in [-0.2, 0) is 5.41 Å². The molecule has 0 aromatic heterocycles. The number of likely N-dealkylation sites (N-methyl/N-ethyl adjacent to an activating group) is 1. The molecule has 2 fully saturated rings. The fourth-order valence-corrected chi connectivity index (χ4v) is 5.65. The van der Waals surface area contributed by atoms with E-state index >= 15 is 0 Å². The number of nitrogens with zero attached hydrogens (tertiary/aromatic N) is 1. The summed E-state index contributed by atoms with van der Waals surface area (Å²) in [5.41, 5.74) is 1.50. The van der Waals surface area contributed by atoms with E-state index in [1.165, 1.54) is 11.6 Å². The van der Waals surface area contributed by atoms with Gasteiger partial charge in [-0.25, -0.2) is 13.6 Å². The molecule has 0 spiro atoms. The zero-order chi connectivity index (χ0) is 23.0. The van der Waals surface area contributed by atoms with Gasteiger partial charge in [-0.3, -0.25) is 0 Å². The summed E-state index contributed by atoms with van der Waals surface area (Å²) < 4.78 is 38.3. The molecule has 2 aromatic carbocycles. The number of nitrogens with one attached hydrogen (secondary N) is 2. The molecule has 8 heteroatoms. The summed E-state index contributed by atoms with van der Waals surface area (Å²) in [6.07, 6.45) is 4.53. The Morgan fingerprint density at radius 2 is 1.88 bits per heavy atom. The number of benzene rings is 2. The third-order valence-corrected chi connectivity index (χ3v) is 7.36. The zero-order valence-electron chi connectivity index (χ0n) is 18.7. The molecule has 2 aromatic rings. The molecular formula is C25H29F2N3O3. The van der Waals surface area contributed by atoms with Crippen LogP contribution < -0.4 is 20.1 Å². The minimum absolute atomic E-state index is 0.00520. The van der Waals surface area contributed by atoms with Crippen LogP contribution in [0.3, 0.4) is 0 Å². The molecule has 2 N–H and O–H groups in total. The monoisotopic (exact) mass is 457 g/mol. The van der Waals surface area contributed by atoms with Gasteiger partial charge in [0.2, 0.25) is 0 Å². The van der Waals surface area contributed by atoms with Gasteiger partial charge in [-0.2, -0.15) is 0 Å². The number of hydrogen-bond acceptors (Lipinski definition) is 4. The summed E-state index contributed by atoms with van der Waals surface area (Å²) in [5, 5.41) is 5.63. The number of carbonyl (C=O) groups excluding carboxylic acids is 1. The minimum Gasteiger partial charge on any atom is -0.490 e. The highest BCUT2D eigenvalue weighted by atomic mass is 19.2. The molecular weight excluding hydrogens is 428 g/mol. The summed E-state index contributed by atoms with van der Waals surface area (Å²) in [7, 11) is 2.14. The highest BCUT2D eigenvalue weighted by Gasteiger charge is 2.50. The van der Waals surface area contributed by atoms with Crippen molar-refractivity contribution < 1.29 is 23.0 Å². The average Bonchev–Trinajstić information content (AvgIpc) is 2.97. The molecule has 2 aliphatic heterocycles. The smallest absolute Gasteiger partial charge is 0.319 e. The van der Waals surface area contributed by atoms with E-state index in [4.69, 9.17) is 9.47 Å². The van der Waals surface area contributed by atoms with Crippen LogP contribution >= 0.6 is 0 Å². The number of anilines is 1. The molecule has 0 radical (unpaired) electrons. The number of likely N-dealkylation sites (tertiary alicyclic amines) is 1. The molecule has 176 valence electrons. The van der Waals surface area contributed by atoms with E-state index in [0.29, 0.717) is 13.2 Å². The molecule has 2 amide bonds. The van der Waals surface area contributed by atoms with Gasteiger partial charge in [0.25, 0.3) is 0 Å². The number of hydrogen-bond donors (Lipinski definition) is 2. The lowest BCUT2D eigenvalue weighted by Gasteiger charge is -2.45. The van der Waals surface area contributed by atoms with E-state index in [-0.39, 0.29) is 23.2 Å². The first-order valence-corrected chi connectivity index (χ1v) is 11.6. The van der Waals surface area contributed by atoms with Crippen LogP contribution in [0.5, 0.6) is 11.5 Å². The molecule has 3 unspecified atom stereocenters. The van der Waals surface area contributed by atoms with Gasteiger partial charge in [-0.05, 0) is 69.1 Å². The van der Waals surface area contributed by atoms with E-state index in [0.717, 1.165) is 62.3 Å². The Morgan fingerprint density at radius 3 is 2.70 bits per heavy atom. The van der Waals surface area contributed by atoms with Crippen LogP contribution in [0.25, 0.3) is 0 Å². The zero-order valence-corrected chi connectivity index (χ0v) is 18.7. The van der Waals surface area contributed by atoms with Crippen molar-refractivity contribution in [3.63, 3.8) is 0 Å². The van der Waals surface area contributed by atoms with Crippen molar-refractivity contribution in [2.75, 3.05) is 32.1 Å². The van der Waals surface area contributed by atoms with Crippen LogP contribution in [0, 0.1) is 11.6 Å². The van der Waals surface area contributed by atoms with Crippen LogP contribution in [0.2, 0.25) is 0 Å². The Balaban J connectivity index is 1.29. The quantitative estimate of drug-likeness (QED) is 0.715. The highest BCUT2D eigenvalue weighted by Crippen LogP contribution is 2.50. The SMILES string of the molecule is CN1CCC2(c3ccc4c(c3)OCCCO4)CCC(NC(=O)Nc3ccc(F)c(F)c3)CC12. The topological polar surface area (TPSA) is 62.8 Å². The molecule has 2 heterocycles. The molecule has 0 bridgehead atoms.